The number of hydrogen-bond acceptors (Lipinski definition) is 3. The minimum Gasteiger partial charge on any atom is -0.496 e. The molecular formula is C11H11BrFN3O. The molecule has 0 radical (unpaired) electrons. The van der Waals surface area contributed by atoms with Crippen molar-refractivity contribution in [2.75, 3.05) is 7.11 Å². The highest BCUT2D eigenvalue weighted by atomic mass is 79.9. The third kappa shape index (κ3) is 2.32. The molecule has 0 unspecified atom stereocenters. The Morgan fingerprint density at radius 2 is 2.29 bits per heavy atom. The Balaban J connectivity index is 2.54. The van der Waals surface area contributed by atoms with Gasteiger partial charge in [-0.05, 0) is 34.1 Å². The third-order valence-corrected chi connectivity index (χ3v) is 3.00. The molecule has 3 N–H and O–H groups in total. The molecule has 1 aromatic carbocycles. The molecule has 0 atom stereocenters. The standard InChI is InChI=1S/C11H11BrFN3O/c1-17-9-3-2-6(13)4-7(9)11-15-8(5-14)10(12)16-11/h2-4H,5,14H2,1H3,(H,15,16). The first-order valence-electron chi connectivity index (χ1n) is 4.94. The van der Waals surface area contributed by atoms with Crippen molar-refractivity contribution < 1.29 is 9.13 Å². The number of aromatic amines is 1. The number of H-pyrrole nitrogens is 1. The Morgan fingerprint density at radius 1 is 1.53 bits per heavy atom. The first kappa shape index (κ1) is 12.1. The number of aromatic nitrogens is 2. The predicted molar refractivity (Wildman–Crippen MR) is 66.1 cm³/mol. The van der Waals surface area contributed by atoms with Crippen LogP contribution in [0.2, 0.25) is 0 Å². The monoisotopic (exact) mass is 299 g/mol. The molecule has 0 saturated heterocycles. The van der Waals surface area contributed by atoms with E-state index in [1.165, 1.54) is 19.2 Å². The molecule has 0 fully saturated rings. The Labute approximate surface area is 106 Å². The normalized spacial score (nSPS) is 10.6. The van der Waals surface area contributed by atoms with Crippen LogP contribution in [-0.2, 0) is 6.54 Å². The van der Waals surface area contributed by atoms with E-state index in [9.17, 15) is 4.39 Å². The van der Waals surface area contributed by atoms with E-state index in [0.29, 0.717) is 28.3 Å². The van der Waals surface area contributed by atoms with Gasteiger partial charge in [0.15, 0.2) is 0 Å². The number of halogens is 2. The molecule has 0 saturated carbocycles. The van der Waals surface area contributed by atoms with E-state index >= 15 is 0 Å². The molecule has 2 rings (SSSR count). The number of imidazole rings is 1. The summed E-state index contributed by atoms with van der Waals surface area (Å²) in [6.07, 6.45) is 0. The minimum absolute atomic E-state index is 0.325. The lowest BCUT2D eigenvalue weighted by molar-refractivity contribution is 0.415. The largest absolute Gasteiger partial charge is 0.496 e. The van der Waals surface area contributed by atoms with Gasteiger partial charge in [0.25, 0.3) is 0 Å². The third-order valence-electron chi connectivity index (χ3n) is 2.35. The molecule has 0 aliphatic heterocycles. The second kappa shape index (κ2) is 4.85. The molecule has 4 nitrogen and oxygen atoms in total. The zero-order valence-corrected chi connectivity index (χ0v) is 10.7. The van der Waals surface area contributed by atoms with E-state index in [0.717, 1.165) is 5.69 Å². The van der Waals surface area contributed by atoms with Crippen LogP contribution < -0.4 is 10.5 Å². The number of nitrogens with two attached hydrogens (primary N) is 1. The van der Waals surface area contributed by atoms with Crippen molar-refractivity contribution in [2.24, 2.45) is 5.73 Å². The van der Waals surface area contributed by atoms with E-state index in [1.54, 1.807) is 6.07 Å². The smallest absolute Gasteiger partial charge is 0.142 e. The topological polar surface area (TPSA) is 63.9 Å². The van der Waals surface area contributed by atoms with E-state index in [4.69, 9.17) is 10.5 Å². The van der Waals surface area contributed by atoms with Crippen LogP contribution in [0.15, 0.2) is 22.8 Å². The number of methoxy groups -OCH3 is 1. The summed E-state index contributed by atoms with van der Waals surface area (Å²) in [7, 11) is 1.53. The van der Waals surface area contributed by atoms with Gasteiger partial charge in [0.1, 0.15) is 22.0 Å². The molecule has 0 spiro atoms. The fourth-order valence-electron chi connectivity index (χ4n) is 1.52. The van der Waals surface area contributed by atoms with E-state index in [1.807, 2.05) is 0 Å². The van der Waals surface area contributed by atoms with Gasteiger partial charge in [0, 0.05) is 6.54 Å². The Kier molecular flexibility index (Phi) is 3.44. The predicted octanol–water partition coefficient (Wildman–Crippen LogP) is 2.45. The summed E-state index contributed by atoms with van der Waals surface area (Å²) >= 11 is 3.28. The number of benzene rings is 1. The Morgan fingerprint density at radius 3 is 2.88 bits per heavy atom. The van der Waals surface area contributed by atoms with Gasteiger partial charge in [0.2, 0.25) is 0 Å². The highest BCUT2D eigenvalue weighted by Gasteiger charge is 2.13. The van der Waals surface area contributed by atoms with Crippen LogP contribution in [0.5, 0.6) is 5.75 Å². The van der Waals surface area contributed by atoms with Crippen molar-refractivity contribution in [1.29, 1.82) is 0 Å². The summed E-state index contributed by atoms with van der Waals surface area (Å²) in [4.78, 5) is 7.26. The van der Waals surface area contributed by atoms with E-state index < -0.39 is 0 Å². The average Bonchev–Trinajstić information content (AvgIpc) is 2.70. The van der Waals surface area contributed by atoms with Crippen LogP contribution >= 0.6 is 15.9 Å². The second-order valence-electron chi connectivity index (χ2n) is 3.40. The fraction of sp³-hybridized carbons (Fsp3) is 0.182. The lowest BCUT2D eigenvalue weighted by Gasteiger charge is -2.05. The number of rotatable bonds is 3. The summed E-state index contributed by atoms with van der Waals surface area (Å²) < 4.78 is 19.0. The second-order valence-corrected chi connectivity index (χ2v) is 4.15. The van der Waals surface area contributed by atoms with Gasteiger partial charge in [-0.3, -0.25) is 0 Å². The molecule has 0 bridgehead atoms. The highest BCUT2D eigenvalue weighted by Crippen LogP contribution is 2.30. The van der Waals surface area contributed by atoms with Gasteiger partial charge in [0.05, 0.1) is 18.4 Å². The molecule has 1 heterocycles. The van der Waals surface area contributed by atoms with Crippen LogP contribution in [0.4, 0.5) is 4.39 Å². The van der Waals surface area contributed by atoms with Crippen molar-refractivity contribution >= 4 is 15.9 Å². The number of ether oxygens (including phenoxy) is 1. The minimum atomic E-state index is -0.345. The summed E-state index contributed by atoms with van der Waals surface area (Å²) in [5.74, 6) is 0.729. The highest BCUT2D eigenvalue weighted by molar-refractivity contribution is 9.10. The first-order chi connectivity index (χ1) is 8.15. The van der Waals surface area contributed by atoms with E-state index in [-0.39, 0.29) is 5.82 Å². The maximum Gasteiger partial charge on any atom is 0.142 e. The summed E-state index contributed by atoms with van der Waals surface area (Å²) in [6, 6.07) is 4.26. The molecular weight excluding hydrogens is 289 g/mol. The van der Waals surface area contributed by atoms with Crippen molar-refractivity contribution in [3.05, 3.63) is 34.3 Å². The van der Waals surface area contributed by atoms with Crippen molar-refractivity contribution in [1.82, 2.24) is 9.97 Å². The Bertz CT molecular complexity index is 542. The van der Waals surface area contributed by atoms with Crippen LogP contribution in [0.1, 0.15) is 5.69 Å². The molecule has 0 aliphatic carbocycles. The van der Waals surface area contributed by atoms with Crippen LogP contribution in [0, 0.1) is 5.82 Å². The van der Waals surface area contributed by atoms with Crippen molar-refractivity contribution in [2.45, 2.75) is 6.54 Å². The molecule has 17 heavy (non-hydrogen) atoms. The lowest BCUT2D eigenvalue weighted by Crippen LogP contribution is -1.97. The summed E-state index contributed by atoms with van der Waals surface area (Å²) in [5, 5.41) is 0. The van der Waals surface area contributed by atoms with Crippen molar-refractivity contribution in [3.8, 4) is 17.1 Å². The molecule has 2 aromatic rings. The number of nitrogens with one attached hydrogen (secondary N) is 1. The lowest BCUT2D eigenvalue weighted by atomic mass is 10.2. The maximum absolute atomic E-state index is 13.2. The average molecular weight is 300 g/mol. The van der Waals surface area contributed by atoms with Gasteiger partial charge in [-0.15, -0.1) is 0 Å². The zero-order chi connectivity index (χ0) is 12.4. The van der Waals surface area contributed by atoms with Crippen LogP contribution in [0.3, 0.4) is 0 Å². The van der Waals surface area contributed by atoms with Gasteiger partial charge >= 0.3 is 0 Å². The van der Waals surface area contributed by atoms with Crippen LogP contribution in [0.25, 0.3) is 11.4 Å². The molecule has 6 heteroatoms. The van der Waals surface area contributed by atoms with E-state index in [2.05, 4.69) is 25.9 Å². The first-order valence-corrected chi connectivity index (χ1v) is 5.73. The maximum atomic E-state index is 13.2. The SMILES string of the molecule is COc1ccc(F)cc1-c1nc(Br)c(CN)[nH]1. The fourth-order valence-corrected chi connectivity index (χ4v) is 1.95. The molecule has 90 valence electrons. The van der Waals surface area contributed by atoms with Crippen LogP contribution in [-0.4, -0.2) is 17.1 Å². The summed E-state index contributed by atoms with van der Waals surface area (Å²) in [6.45, 7) is 0.325. The quantitative estimate of drug-likeness (QED) is 0.915. The number of nitrogens with zero attached hydrogens (tertiary/aromatic N) is 1. The Hall–Kier alpha value is -1.40. The van der Waals surface area contributed by atoms with Crippen molar-refractivity contribution in [3.63, 3.8) is 0 Å². The molecule has 0 amide bonds. The summed E-state index contributed by atoms with van der Waals surface area (Å²) in [5.41, 5.74) is 6.85. The van der Waals surface area contributed by atoms with Gasteiger partial charge in [-0.2, -0.15) is 0 Å². The molecule has 0 aliphatic rings. The van der Waals surface area contributed by atoms with Gasteiger partial charge < -0.3 is 15.5 Å². The number of hydrogen-bond donors (Lipinski definition) is 2. The van der Waals surface area contributed by atoms with Gasteiger partial charge in [-0.1, -0.05) is 0 Å². The zero-order valence-electron chi connectivity index (χ0n) is 9.13. The molecule has 1 aromatic heterocycles. The van der Waals surface area contributed by atoms with Gasteiger partial charge in [-0.25, -0.2) is 9.37 Å².